The molecule has 0 aliphatic carbocycles. The van der Waals surface area contributed by atoms with Gasteiger partial charge in [0.2, 0.25) is 0 Å². The zero-order valence-electron chi connectivity index (χ0n) is 13.1. The Bertz CT molecular complexity index is 759. The van der Waals surface area contributed by atoms with E-state index in [4.69, 9.17) is 4.74 Å². The summed E-state index contributed by atoms with van der Waals surface area (Å²) in [5.74, 6) is 0.964. The number of benzene rings is 2. The van der Waals surface area contributed by atoms with Gasteiger partial charge in [0.25, 0.3) is 0 Å². The van der Waals surface area contributed by atoms with Gasteiger partial charge in [-0.15, -0.1) is 0 Å². The van der Waals surface area contributed by atoms with E-state index < -0.39 is 9.84 Å². The Kier molecular flexibility index (Phi) is 4.68. The fourth-order valence-electron chi connectivity index (χ4n) is 2.96. The average molecular weight is 331 g/mol. The van der Waals surface area contributed by atoms with Gasteiger partial charge < -0.3 is 10.1 Å². The molecule has 0 radical (unpaired) electrons. The molecular formula is C18H21NO3S. The molecule has 2 aromatic rings. The number of ether oxygens (including phenoxy) is 1. The molecule has 1 aliphatic rings. The lowest BCUT2D eigenvalue weighted by Gasteiger charge is -2.29. The lowest BCUT2D eigenvalue weighted by Crippen LogP contribution is -2.38. The highest BCUT2D eigenvalue weighted by Gasteiger charge is 2.25. The van der Waals surface area contributed by atoms with Gasteiger partial charge >= 0.3 is 0 Å². The molecule has 122 valence electrons. The number of hydrogen-bond donors (Lipinski definition) is 1. The smallest absolute Gasteiger partial charge is 0.179 e. The maximum Gasteiger partial charge on any atom is 0.179 e. The van der Waals surface area contributed by atoms with Gasteiger partial charge in [0.05, 0.1) is 17.3 Å². The van der Waals surface area contributed by atoms with Crippen molar-refractivity contribution in [1.29, 1.82) is 0 Å². The maximum atomic E-state index is 12.5. The second kappa shape index (κ2) is 6.72. The zero-order chi connectivity index (χ0) is 16.3. The number of nitrogens with one attached hydrogen (secondary N) is 1. The number of para-hydroxylation sites is 1. The van der Waals surface area contributed by atoms with E-state index in [0.717, 1.165) is 17.7 Å². The van der Waals surface area contributed by atoms with Crippen molar-refractivity contribution < 1.29 is 13.2 Å². The molecule has 2 aromatic carbocycles. The van der Waals surface area contributed by atoms with Crippen LogP contribution >= 0.6 is 0 Å². The Hall–Kier alpha value is -1.85. The van der Waals surface area contributed by atoms with E-state index in [0.29, 0.717) is 11.5 Å². The summed E-state index contributed by atoms with van der Waals surface area (Å²) in [6.07, 6.45) is 0.840. The summed E-state index contributed by atoms with van der Waals surface area (Å²) in [4.78, 5) is 0.376. The van der Waals surface area contributed by atoms with Crippen LogP contribution in [0.15, 0.2) is 59.5 Å². The van der Waals surface area contributed by atoms with E-state index in [1.54, 1.807) is 24.3 Å². The number of fused-ring (bicyclic) bond motifs is 1. The third-order valence-electron chi connectivity index (χ3n) is 4.02. The lowest BCUT2D eigenvalue weighted by atomic mass is 10.00. The van der Waals surface area contributed by atoms with Crippen molar-refractivity contribution in [3.05, 3.63) is 60.2 Å². The third-order valence-corrected chi connectivity index (χ3v) is 5.95. The van der Waals surface area contributed by atoms with Gasteiger partial charge in [0.15, 0.2) is 9.84 Å². The first-order valence-electron chi connectivity index (χ1n) is 7.82. The molecule has 0 fully saturated rings. The predicted molar refractivity (Wildman–Crippen MR) is 90.4 cm³/mol. The van der Waals surface area contributed by atoms with Crippen molar-refractivity contribution in [3.8, 4) is 5.75 Å². The minimum atomic E-state index is -3.28. The summed E-state index contributed by atoms with van der Waals surface area (Å²) in [7, 11) is -3.28. The topological polar surface area (TPSA) is 55.4 Å². The number of sulfone groups is 1. The van der Waals surface area contributed by atoms with E-state index >= 15 is 0 Å². The summed E-state index contributed by atoms with van der Waals surface area (Å²) in [5, 5.41) is 3.44. The Labute approximate surface area is 137 Å². The molecule has 0 amide bonds. The molecule has 0 spiro atoms. The molecule has 5 heteroatoms. The van der Waals surface area contributed by atoms with Gasteiger partial charge in [-0.2, -0.15) is 0 Å². The van der Waals surface area contributed by atoms with Gasteiger partial charge in [0, 0.05) is 24.1 Å². The van der Waals surface area contributed by atoms with Crippen LogP contribution in [0.5, 0.6) is 5.75 Å². The molecule has 23 heavy (non-hydrogen) atoms. The molecule has 2 unspecified atom stereocenters. The van der Waals surface area contributed by atoms with Crippen LogP contribution in [0.25, 0.3) is 0 Å². The first kappa shape index (κ1) is 16.0. The Balaban J connectivity index is 1.70. The zero-order valence-corrected chi connectivity index (χ0v) is 13.9. The van der Waals surface area contributed by atoms with Gasteiger partial charge in [-0.1, -0.05) is 36.4 Å². The van der Waals surface area contributed by atoms with Crippen LogP contribution in [0.2, 0.25) is 0 Å². The monoisotopic (exact) mass is 331 g/mol. The molecule has 4 nitrogen and oxygen atoms in total. The third kappa shape index (κ3) is 3.74. The Morgan fingerprint density at radius 1 is 1.13 bits per heavy atom. The molecule has 0 saturated carbocycles. The standard InChI is InChI=1S/C18H21NO3S/c1-14(13-23(20,21)15-7-3-2-4-8-15)19-17-11-12-22-18-10-6-5-9-16(17)18/h2-10,14,17,19H,11-13H2,1H3. The maximum absolute atomic E-state index is 12.5. The molecular weight excluding hydrogens is 310 g/mol. The molecule has 1 heterocycles. The predicted octanol–water partition coefficient (Wildman–Crippen LogP) is 2.96. The molecule has 1 aliphatic heterocycles. The number of hydrogen-bond acceptors (Lipinski definition) is 4. The van der Waals surface area contributed by atoms with Crippen LogP contribution in [0.1, 0.15) is 24.9 Å². The van der Waals surface area contributed by atoms with Crippen LogP contribution in [-0.4, -0.2) is 26.8 Å². The minimum Gasteiger partial charge on any atom is -0.493 e. The molecule has 1 N–H and O–H groups in total. The second-order valence-corrected chi connectivity index (χ2v) is 7.92. The quantitative estimate of drug-likeness (QED) is 0.915. The highest BCUT2D eigenvalue weighted by atomic mass is 32.2. The molecule has 0 saturated heterocycles. The summed E-state index contributed by atoms with van der Waals surface area (Å²) >= 11 is 0. The molecule has 0 aromatic heterocycles. The summed E-state index contributed by atoms with van der Waals surface area (Å²) in [5.41, 5.74) is 1.10. The van der Waals surface area contributed by atoms with Crippen molar-refractivity contribution in [1.82, 2.24) is 5.32 Å². The molecule has 0 bridgehead atoms. The Morgan fingerprint density at radius 2 is 1.83 bits per heavy atom. The van der Waals surface area contributed by atoms with Crippen LogP contribution in [-0.2, 0) is 9.84 Å². The van der Waals surface area contributed by atoms with Crippen LogP contribution in [0.4, 0.5) is 0 Å². The van der Waals surface area contributed by atoms with Crippen molar-refractivity contribution in [2.45, 2.75) is 30.3 Å². The van der Waals surface area contributed by atoms with Crippen LogP contribution in [0, 0.1) is 0 Å². The van der Waals surface area contributed by atoms with Crippen LogP contribution < -0.4 is 10.1 Å². The molecule has 2 atom stereocenters. The van der Waals surface area contributed by atoms with Gasteiger partial charge in [-0.3, -0.25) is 0 Å². The van der Waals surface area contributed by atoms with E-state index in [1.165, 1.54) is 0 Å². The summed E-state index contributed by atoms with van der Waals surface area (Å²) < 4.78 is 30.6. The average Bonchev–Trinajstić information content (AvgIpc) is 2.55. The van der Waals surface area contributed by atoms with E-state index in [1.807, 2.05) is 37.3 Å². The fourth-order valence-corrected chi connectivity index (χ4v) is 4.48. The SMILES string of the molecule is CC(CS(=O)(=O)c1ccccc1)NC1CCOc2ccccc21. The fraction of sp³-hybridized carbons (Fsp3) is 0.333. The lowest BCUT2D eigenvalue weighted by molar-refractivity contribution is 0.247. The van der Waals surface area contributed by atoms with E-state index in [2.05, 4.69) is 5.32 Å². The minimum absolute atomic E-state index is 0.0799. The van der Waals surface area contributed by atoms with Crippen molar-refractivity contribution in [2.75, 3.05) is 12.4 Å². The van der Waals surface area contributed by atoms with Gasteiger partial charge in [-0.25, -0.2) is 8.42 Å². The first-order chi connectivity index (χ1) is 11.1. The normalized spacial score (nSPS) is 18.7. The van der Waals surface area contributed by atoms with Gasteiger partial charge in [-0.05, 0) is 25.1 Å². The second-order valence-electron chi connectivity index (χ2n) is 5.89. The first-order valence-corrected chi connectivity index (χ1v) is 9.47. The Morgan fingerprint density at radius 3 is 2.61 bits per heavy atom. The van der Waals surface area contributed by atoms with Crippen molar-refractivity contribution in [2.24, 2.45) is 0 Å². The number of rotatable bonds is 5. The van der Waals surface area contributed by atoms with E-state index in [9.17, 15) is 8.42 Å². The van der Waals surface area contributed by atoms with Crippen LogP contribution in [0.3, 0.4) is 0 Å². The van der Waals surface area contributed by atoms with Crippen molar-refractivity contribution >= 4 is 9.84 Å². The molecule has 3 rings (SSSR count). The van der Waals surface area contributed by atoms with E-state index in [-0.39, 0.29) is 17.8 Å². The highest BCUT2D eigenvalue weighted by Crippen LogP contribution is 2.31. The van der Waals surface area contributed by atoms with Crippen molar-refractivity contribution in [3.63, 3.8) is 0 Å². The van der Waals surface area contributed by atoms with Gasteiger partial charge in [0.1, 0.15) is 5.75 Å². The summed E-state index contributed by atoms with van der Waals surface area (Å²) in [6.45, 7) is 2.56. The highest BCUT2D eigenvalue weighted by molar-refractivity contribution is 7.91. The summed E-state index contributed by atoms with van der Waals surface area (Å²) in [6, 6.07) is 16.5. The largest absolute Gasteiger partial charge is 0.493 e.